The lowest BCUT2D eigenvalue weighted by Crippen LogP contribution is -2.43. The summed E-state index contributed by atoms with van der Waals surface area (Å²) in [6.45, 7) is 3.59. The van der Waals surface area contributed by atoms with E-state index in [1.807, 2.05) is 24.3 Å². The van der Waals surface area contributed by atoms with E-state index >= 15 is 0 Å². The largest absolute Gasteiger partial charge is 0.481 e. The zero-order valence-electron chi connectivity index (χ0n) is 10.5. The summed E-state index contributed by atoms with van der Waals surface area (Å²) in [6, 6.07) is 8.19. The van der Waals surface area contributed by atoms with Gasteiger partial charge in [0.15, 0.2) is 0 Å². The van der Waals surface area contributed by atoms with Gasteiger partial charge in [0.1, 0.15) is 0 Å². The van der Waals surface area contributed by atoms with E-state index in [4.69, 9.17) is 16.7 Å². The number of carboxylic acid groups (broad SMARTS) is 1. The molecule has 1 N–H and O–H groups in total. The molecule has 0 saturated carbocycles. The molecule has 0 radical (unpaired) electrons. The first-order chi connectivity index (χ1) is 8.56. The van der Waals surface area contributed by atoms with Crippen LogP contribution < -0.4 is 0 Å². The summed E-state index contributed by atoms with van der Waals surface area (Å²) in [5.74, 6) is -0.906. The average molecular weight is 268 g/mol. The Kier molecular flexibility index (Phi) is 4.25. The van der Waals surface area contributed by atoms with Crippen molar-refractivity contribution in [3.63, 3.8) is 0 Å². The Morgan fingerprint density at radius 2 is 2.06 bits per heavy atom. The van der Waals surface area contributed by atoms with Crippen molar-refractivity contribution in [1.82, 2.24) is 4.90 Å². The number of rotatable bonds is 3. The third-order valence-corrected chi connectivity index (χ3v) is 3.91. The topological polar surface area (TPSA) is 40.5 Å². The minimum Gasteiger partial charge on any atom is -0.481 e. The lowest BCUT2D eigenvalue weighted by atomic mass is 9.93. The van der Waals surface area contributed by atoms with E-state index in [0.29, 0.717) is 12.6 Å². The van der Waals surface area contributed by atoms with Crippen LogP contribution in [0.1, 0.15) is 25.3 Å². The Balaban J connectivity index is 2.02. The van der Waals surface area contributed by atoms with Crippen LogP contribution >= 0.6 is 11.6 Å². The summed E-state index contributed by atoms with van der Waals surface area (Å²) in [6.07, 6.45) is 1.73. The number of aliphatic carboxylic acids is 1. The van der Waals surface area contributed by atoms with Gasteiger partial charge in [0.25, 0.3) is 0 Å². The molecule has 1 saturated heterocycles. The Bertz CT molecular complexity index is 418. The van der Waals surface area contributed by atoms with Crippen molar-refractivity contribution in [3.8, 4) is 0 Å². The Morgan fingerprint density at radius 1 is 1.39 bits per heavy atom. The molecule has 2 rings (SSSR count). The van der Waals surface area contributed by atoms with Gasteiger partial charge < -0.3 is 5.11 Å². The van der Waals surface area contributed by atoms with Gasteiger partial charge >= 0.3 is 5.97 Å². The Labute approximate surface area is 112 Å². The molecule has 1 aromatic rings. The number of piperidine rings is 1. The fraction of sp³-hybridized carbons (Fsp3) is 0.500. The van der Waals surface area contributed by atoms with Gasteiger partial charge in [-0.3, -0.25) is 9.69 Å². The number of hydrogen-bond donors (Lipinski definition) is 1. The normalized spacial score (nSPS) is 25.0. The number of nitrogens with zero attached hydrogens (tertiary/aromatic N) is 1. The molecular formula is C14H18ClNO2. The van der Waals surface area contributed by atoms with E-state index in [9.17, 15) is 4.79 Å². The van der Waals surface area contributed by atoms with Gasteiger partial charge in [0.05, 0.1) is 5.92 Å². The first-order valence-electron chi connectivity index (χ1n) is 6.27. The summed E-state index contributed by atoms with van der Waals surface area (Å²) < 4.78 is 0. The van der Waals surface area contributed by atoms with Gasteiger partial charge in [0.2, 0.25) is 0 Å². The third kappa shape index (κ3) is 3.24. The summed E-state index contributed by atoms with van der Waals surface area (Å²) in [7, 11) is 0. The summed E-state index contributed by atoms with van der Waals surface area (Å²) in [5.41, 5.74) is 1.18. The van der Waals surface area contributed by atoms with Crippen LogP contribution in [0.3, 0.4) is 0 Å². The number of halogens is 1. The molecule has 0 amide bonds. The van der Waals surface area contributed by atoms with Gasteiger partial charge in [-0.25, -0.2) is 0 Å². The van der Waals surface area contributed by atoms with Crippen LogP contribution in [-0.2, 0) is 11.3 Å². The first kappa shape index (κ1) is 13.4. The average Bonchev–Trinajstić information content (AvgIpc) is 2.34. The summed E-state index contributed by atoms with van der Waals surface area (Å²) in [4.78, 5) is 13.3. The highest BCUT2D eigenvalue weighted by Gasteiger charge is 2.29. The lowest BCUT2D eigenvalue weighted by molar-refractivity contribution is -0.144. The van der Waals surface area contributed by atoms with Crippen LogP contribution in [0.4, 0.5) is 0 Å². The van der Waals surface area contributed by atoms with Crippen molar-refractivity contribution in [2.45, 2.75) is 32.4 Å². The van der Waals surface area contributed by atoms with Crippen molar-refractivity contribution in [3.05, 3.63) is 34.9 Å². The maximum absolute atomic E-state index is 11.1. The maximum atomic E-state index is 11.1. The molecule has 2 atom stereocenters. The van der Waals surface area contributed by atoms with Gasteiger partial charge in [-0.1, -0.05) is 23.7 Å². The van der Waals surface area contributed by atoms with Crippen molar-refractivity contribution < 1.29 is 9.90 Å². The predicted molar refractivity (Wildman–Crippen MR) is 71.7 cm³/mol. The van der Waals surface area contributed by atoms with Crippen LogP contribution in [0.15, 0.2) is 24.3 Å². The van der Waals surface area contributed by atoms with E-state index in [2.05, 4.69) is 11.8 Å². The highest BCUT2D eigenvalue weighted by molar-refractivity contribution is 6.30. The standard InChI is InChI=1S/C14H18ClNO2/c1-10-2-5-12(14(17)18)9-16(10)8-11-3-6-13(15)7-4-11/h3-4,6-7,10,12H,2,5,8-9H2,1H3,(H,17,18). The SMILES string of the molecule is CC1CCC(C(=O)O)CN1Cc1ccc(Cl)cc1. The highest BCUT2D eigenvalue weighted by atomic mass is 35.5. The molecule has 1 aliphatic heterocycles. The van der Waals surface area contributed by atoms with Crippen LogP contribution in [0, 0.1) is 5.92 Å². The van der Waals surface area contributed by atoms with Crippen LogP contribution in [0.2, 0.25) is 5.02 Å². The molecule has 4 heteroatoms. The molecule has 1 fully saturated rings. The molecule has 1 aliphatic rings. The second-order valence-electron chi connectivity index (χ2n) is 5.02. The zero-order chi connectivity index (χ0) is 13.1. The molecule has 0 spiro atoms. The van der Waals surface area contributed by atoms with Crippen molar-refractivity contribution in [2.75, 3.05) is 6.54 Å². The fourth-order valence-electron chi connectivity index (χ4n) is 2.43. The minimum absolute atomic E-state index is 0.228. The predicted octanol–water partition coefficient (Wildman–Crippen LogP) is 3.03. The number of hydrogen-bond acceptors (Lipinski definition) is 2. The molecule has 0 bridgehead atoms. The van der Waals surface area contributed by atoms with E-state index in [1.165, 1.54) is 5.56 Å². The van der Waals surface area contributed by atoms with E-state index in [0.717, 1.165) is 24.4 Å². The van der Waals surface area contributed by atoms with Crippen molar-refractivity contribution in [1.29, 1.82) is 0 Å². The van der Waals surface area contributed by atoms with Gasteiger partial charge in [-0.05, 0) is 37.5 Å². The molecule has 1 heterocycles. The molecule has 2 unspecified atom stereocenters. The van der Waals surface area contributed by atoms with Gasteiger partial charge in [0, 0.05) is 24.2 Å². The minimum atomic E-state index is -0.678. The third-order valence-electron chi connectivity index (χ3n) is 3.66. The second kappa shape index (κ2) is 5.72. The summed E-state index contributed by atoms with van der Waals surface area (Å²) >= 11 is 5.86. The first-order valence-corrected chi connectivity index (χ1v) is 6.65. The quantitative estimate of drug-likeness (QED) is 0.915. The van der Waals surface area contributed by atoms with E-state index in [1.54, 1.807) is 0 Å². The molecular weight excluding hydrogens is 250 g/mol. The maximum Gasteiger partial charge on any atom is 0.307 e. The van der Waals surface area contributed by atoms with Crippen molar-refractivity contribution >= 4 is 17.6 Å². The number of carbonyl (C=O) groups is 1. The van der Waals surface area contributed by atoms with Crippen LogP contribution in [-0.4, -0.2) is 28.6 Å². The zero-order valence-corrected chi connectivity index (χ0v) is 11.2. The molecule has 1 aromatic carbocycles. The summed E-state index contributed by atoms with van der Waals surface area (Å²) in [5, 5.41) is 9.83. The number of benzene rings is 1. The molecule has 18 heavy (non-hydrogen) atoms. The Hall–Kier alpha value is -1.06. The van der Waals surface area contributed by atoms with Crippen LogP contribution in [0.25, 0.3) is 0 Å². The Morgan fingerprint density at radius 3 is 2.67 bits per heavy atom. The van der Waals surface area contributed by atoms with Crippen LogP contribution in [0.5, 0.6) is 0 Å². The second-order valence-corrected chi connectivity index (χ2v) is 5.45. The van der Waals surface area contributed by atoms with Gasteiger partial charge in [-0.2, -0.15) is 0 Å². The molecule has 3 nitrogen and oxygen atoms in total. The van der Waals surface area contributed by atoms with E-state index < -0.39 is 5.97 Å². The number of likely N-dealkylation sites (tertiary alicyclic amines) is 1. The van der Waals surface area contributed by atoms with Crippen molar-refractivity contribution in [2.24, 2.45) is 5.92 Å². The van der Waals surface area contributed by atoms with Gasteiger partial charge in [-0.15, -0.1) is 0 Å². The molecule has 0 aliphatic carbocycles. The van der Waals surface area contributed by atoms with E-state index in [-0.39, 0.29) is 5.92 Å². The monoisotopic (exact) mass is 267 g/mol. The fourth-order valence-corrected chi connectivity index (χ4v) is 2.55. The lowest BCUT2D eigenvalue weighted by Gasteiger charge is -2.36. The molecule has 98 valence electrons. The number of carboxylic acids is 1. The highest BCUT2D eigenvalue weighted by Crippen LogP contribution is 2.24. The smallest absolute Gasteiger partial charge is 0.307 e. The molecule has 0 aromatic heterocycles.